The Hall–Kier alpha value is -1.23. The van der Waals surface area contributed by atoms with Crippen molar-refractivity contribution in [3.8, 4) is 0 Å². The average Bonchev–Trinajstić information content (AvgIpc) is 2.72. The predicted molar refractivity (Wildman–Crippen MR) is 86.4 cm³/mol. The lowest BCUT2D eigenvalue weighted by atomic mass is 9.76. The maximum Gasteiger partial charge on any atom is 0.265 e. The predicted octanol–water partition coefficient (Wildman–Crippen LogP) is 3.41. The van der Waals surface area contributed by atoms with Crippen molar-refractivity contribution in [3.63, 3.8) is 0 Å². The normalized spacial score (nSPS) is 18.8. The van der Waals surface area contributed by atoms with Gasteiger partial charge < -0.3 is 16.0 Å². The third-order valence-corrected chi connectivity index (χ3v) is 5.12. The molecule has 2 rings (SSSR count). The van der Waals surface area contributed by atoms with E-state index >= 15 is 0 Å². The number of nitrogen functional groups attached to an aromatic ring is 1. The Kier molecular flexibility index (Phi) is 4.28. The smallest absolute Gasteiger partial charge is 0.265 e. The van der Waals surface area contributed by atoms with Gasteiger partial charge in [-0.15, -0.1) is 11.3 Å². The van der Waals surface area contributed by atoms with Gasteiger partial charge in [0.2, 0.25) is 0 Å². The van der Waals surface area contributed by atoms with E-state index < -0.39 is 0 Å². The van der Waals surface area contributed by atoms with Gasteiger partial charge in [-0.3, -0.25) is 4.79 Å². The largest absolute Gasteiger partial charge is 0.397 e. The molecule has 0 atom stereocenters. The number of thiophene rings is 1. The van der Waals surface area contributed by atoms with E-state index in [0.29, 0.717) is 22.0 Å². The summed E-state index contributed by atoms with van der Waals surface area (Å²) in [7, 11) is 3.50. The lowest BCUT2D eigenvalue weighted by molar-refractivity contribution is 0.0833. The number of nitrogens with two attached hydrogens (primary N) is 1. The van der Waals surface area contributed by atoms with E-state index in [1.54, 1.807) is 19.0 Å². The monoisotopic (exact) mass is 295 g/mol. The number of carbonyl (C=O) groups excluding carboxylic acids is 1. The summed E-state index contributed by atoms with van der Waals surface area (Å²) in [6, 6.07) is 2.39. The molecule has 0 unspecified atom stereocenters. The molecule has 1 saturated carbocycles. The molecule has 0 aliphatic heterocycles. The molecule has 0 spiro atoms. The third-order valence-electron chi connectivity index (χ3n) is 4.05. The molecular formula is C15H25N3OS. The molecule has 1 aliphatic carbocycles. The highest BCUT2D eigenvalue weighted by Gasteiger charge is 2.27. The number of nitrogens with zero attached hydrogens (tertiary/aromatic N) is 1. The van der Waals surface area contributed by atoms with Crippen LogP contribution >= 0.6 is 11.3 Å². The topological polar surface area (TPSA) is 58.4 Å². The number of hydrogen-bond acceptors (Lipinski definition) is 4. The number of anilines is 2. The number of hydrogen-bond donors (Lipinski definition) is 2. The SMILES string of the molecule is CN(C)C(=O)c1sc(NC2CCC(C)(C)CC2)cc1N. The molecule has 0 bridgehead atoms. The molecule has 112 valence electrons. The quantitative estimate of drug-likeness (QED) is 0.898. The van der Waals surface area contributed by atoms with E-state index in [9.17, 15) is 4.79 Å². The van der Waals surface area contributed by atoms with Crippen molar-refractivity contribution in [2.75, 3.05) is 25.1 Å². The summed E-state index contributed by atoms with van der Waals surface area (Å²) >= 11 is 1.46. The Morgan fingerprint density at radius 3 is 2.55 bits per heavy atom. The van der Waals surface area contributed by atoms with Crippen molar-refractivity contribution in [1.29, 1.82) is 0 Å². The molecule has 0 radical (unpaired) electrons. The molecule has 1 fully saturated rings. The van der Waals surface area contributed by atoms with Crippen LogP contribution in [0.5, 0.6) is 0 Å². The summed E-state index contributed by atoms with van der Waals surface area (Å²) in [5, 5.41) is 4.55. The van der Waals surface area contributed by atoms with Crippen LogP contribution in [-0.2, 0) is 0 Å². The van der Waals surface area contributed by atoms with Gasteiger partial charge in [-0.2, -0.15) is 0 Å². The zero-order chi connectivity index (χ0) is 14.9. The first-order chi connectivity index (χ1) is 9.28. The molecule has 0 aromatic carbocycles. The highest BCUT2D eigenvalue weighted by atomic mass is 32.1. The van der Waals surface area contributed by atoms with Gasteiger partial charge in [0.1, 0.15) is 4.88 Å². The van der Waals surface area contributed by atoms with Crippen LogP contribution in [0, 0.1) is 5.41 Å². The number of amides is 1. The Morgan fingerprint density at radius 2 is 2.00 bits per heavy atom. The highest BCUT2D eigenvalue weighted by Crippen LogP contribution is 2.37. The van der Waals surface area contributed by atoms with Gasteiger partial charge in [-0.1, -0.05) is 13.8 Å². The molecule has 3 N–H and O–H groups in total. The summed E-state index contributed by atoms with van der Waals surface area (Å²) in [4.78, 5) is 14.2. The van der Waals surface area contributed by atoms with Gasteiger partial charge in [-0.25, -0.2) is 0 Å². The lowest BCUT2D eigenvalue weighted by Gasteiger charge is -2.34. The van der Waals surface area contributed by atoms with E-state index in [1.807, 2.05) is 6.07 Å². The number of nitrogens with one attached hydrogen (secondary N) is 1. The van der Waals surface area contributed by atoms with Crippen LogP contribution < -0.4 is 11.1 Å². The van der Waals surface area contributed by atoms with Crippen LogP contribution in [0.3, 0.4) is 0 Å². The minimum atomic E-state index is -0.0228. The van der Waals surface area contributed by atoms with Crippen molar-refractivity contribution in [1.82, 2.24) is 4.90 Å². The fourth-order valence-electron chi connectivity index (χ4n) is 2.59. The second-order valence-electron chi connectivity index (χ2n) is 6.68. The molecule has 0 saturated heterocycles. The van der Waals surface area contributed by atoms with Gasteiger partial charge in [-0.05, 0) is 37.2 Å². The van der Waals surface area contributed by atoms with Gasteiger partial charge >= 0.3 is 0 Å². The second-order valence-corrected chi connectivity index (χ2v) is 7.73. The van der Waals surface area contributed by atoms with Crippen molar-refractivity contribution in [3.05, 3.63) is 10.9 Å². The fraction of sp³-hybridized carbons (Fsp3) is 0.667. The molecule has 20 heavy (non-hydrogen) atoms. The molecule has 1 aromatic rings. The van der Waals surface area contributed by atoms with Crippen LogP contribution in [0.2, 0.25) is 0 Å². The first-order valence-electron chi connectivity index (χ1n) is 7.16. The second kappa shape index (κ2) is 5.64. The zero-order valence-corrected chi connectivity index (χ0v) is 13.6. The Balaban J connectivity index is 2.01. The molecule has 1 aromatic heterocycles. The van der Waals surface area contributed by atoms with Crippen molar-refractivity contribution < 1.29 is 4.79 Å². The minimum absolute atomic E-state index is 0.0228. The van der Waals surface area contributed by atoms with Crippen molar-refractivity contribution in [2.24, 2.45) is 5.41 Å². The van der Waals surface area contributed by atoms with Crippen LogP contribution in [0.15, 0.2) is 6.07 Å². The lowest BCUT2D eigenvalue weighted by Crippen LogP contribution is -2.29. The van der Waals surface area contributed by atoms with Crippen LogP contribution in [0.25, 0.3) is 0 Å². The molecule has 5 heteroatoms. The summed E-state index contributed by atoms with van der Waals surface area (Å²) < 4.78 is 0. The van der Waals surface area contributed by atoms with Gasteiger partial charge in [0.25, 0.3) is 5.91 Å². The van der Waals surface area contributed by atoms with E-state index in [0.717, 1.165) is 5.00 Å². The molecule has 1 amide bonds. The highest BCUT2D eigenvalue weighted by molar-refractivity contribution is 7.18. The van der Waals surface area contributed by atoms with E-state index in [4.69, 9.17) is 5.73 Å². The zero-order valence-electron chi connectivity index (χ0n) is 12.8. The summed E-state index contributed by atoms with van der Waals surface area (Å²) in [6.45, 7) is 4.67. The van der Waals surface area contributed by atoms with Crippen LogP contribution in [-0.4, -0.2) is 30.9 Å². The average molecular weight is 295 g/mol. The summed E-state index contributed by atoms with van der Waals surface area (Å²) in [5.41, 5.74) is 7.00. The minimum Gasteiger partial charge on any atom is -0.397 e. The molecule has 4 nitrogen and oxygen atoms in total. The maximum atomic E-state index is 12.0. The molecular weight excluding hydrogens is 270 g/mol. The third kappa shape index (κ3) is 3.45. The summed E-state index contributed by atoms with van der Waals surface area (Å²) in [6.07, 6.45) is 4.85. The number of carbonyl (C=O) groups is 1. The van der Waals surface area contributed by atoms with Crippen molar-refractivity contribution >= 4 is 27.9 Å². The Labute approximate surface area is 125 Å². The molecule has 1 heterocycles. The van der Waals surface area contributed by atoms with Crippen LogP contribution in [0.1, 0.15) is 49.2 Å². The molecule has 1 aliphatic rings. The maximum absolute atomic E-state index is 12.0. The van der Waals surface area contributed by atoms with Crippen molar-refractivity contribution in [2.45, 2.75) is 45.6 Å². The van der Waals surface area contributed by atoms with E-state index in [-0.39, 0.29) is 5.91 Å². The Morgan fingerprint density at radius 1 is 1.40 bits per heavy atom. The van der Waals surface area contributed by atoms with Crippen LogP contribution in [0.4, 0.5) is 10.7 Å². The summed E-state index contributed by atoms with van der Waals surface area (Å²) in [5.74, 6) is -0.0228. The fourth-order valence-corrected chi connectivity index (χ4v) is 3.67. The Bertz CT molecular complexity index is 483. The van der Waals surface area contributed by atoms with E-state index in [1.165, 1.54) is 37.0 Å². The van der Waals surface area contributed by atoms with Gasteiger partial charge in [0, 0.05) is 20.1 Å². The first kappa shape index (κ1) is 15.2. The standard InChI is InChI=1S/C15H25N3OS/c1-15(2)7-5-10(6-8-15)17-12-9-11(16)13(20-12)14(19)18(3)4/h9-10,17H,5-8,16H2,1-4H3. The van der Waals surface area contributed by atoms with E-state index in [2.05, 4.69) is 19.2 Å². The first-order valence-corrected chi connectivity index (χ1v) is 7.98. The van der Waals surface area contributed by atoms with Gasteiger partial charge in [0.05, 0.1) is 10.7 Å². The number of rotatable bonds is 3. The van der Waals surface area contributed by atoms with Gasteiger partial charge in [0.15, 0.2) is 0 Å².